The largest absolute Gasteiger partial charge is 0.345 e. The van der Waals surface area contributed by atoms with Crippen LogP contribution in [0.4, 0.5) is 28.4 Å². The fourth-order valence-electron chi connectivity index (χ4n) is 5.57. The van der Waals surface area contributed by atoms with Gasteiger partial charge in [0.2, 0.25) is 0 Å². The fourth-order valence-corrected chi connectivity index (χ4v) is 5.57. The van der Waals surface area contributed by atoms with Crippen molar-refractivity contribution in [3.8, 4) is 11.1 Å². The van der Waals surface area contributed by atoms with Crippen molar-refractivity contribution in [2.75, 3.05) is 16.8 Å². The Hall–Kier alpha value is -5.34. The van der Waals surface area contributed by atoms with Gasteiger partial charge in [-0.05, 0) is 105 Å². The molecule has 196 valence electrons. The number of hydrogen-bond acceptors (Lipinski definition) is 2. The van der Waals surface area contributed by atoms with Crippen molar-refractivity contribution in [1.29, 1.82) is 0 Å². The first kappa shape index (κ1) is 24.7. The summed E-state index contributed by atoms with van der Waals surface area (Å²) in [5, 5.41) is 5.06. The zero-order chi connectivity index (χ0) is 27.6. The Morgan fingerprint density at radius 2 is 0.732 bits per heavy atom. The van der Waals surface area contributed by atoms with Gasteiger partial charge in [-0.3, -0.25) is 0 Å². The molecule has 0 saturated heterocycles. The van der Waals surface area contributed by atoms with E-state index in [2.05, 4.69) is 181 Å². The monoisotopic (exact) mass is 526 g/mol. The van der Waals surface area contributed by atoms with Crippen molar-refractivity contribution in [2.24, 2.45) is 0 Å². The van der Waals surface area contributed by atoms with Crippen molar-refractivity contribution in [3.05, 3.63) is 164 Å². The highest BCUT2D eigenvalue weighted by molar-refractivity contribution is 5.99. The van der Waals surface area contributed by atoms with Gasteiger partial charge in [0, 0.05) is 35.5 Å². The van der Waals surface area contributed by atoms with Crippen molar-refractivity contribution < 1.29 is 0 Å². The summed E-state index contributed by atoms with van der Waals surface area (Å²) in [4.78, 5) is 4.54. The first-order valence-electron chi connectivity index (χ1n) is 14.0. The number of hydrogen-bond donors (Lipinski definition) is 0. The first-order chi connectivity index (χ1) is 20.2. The Kier molecular flexibility index (Phi) is 6.42. The molecule has 0 saturated carbocycles. The highest BCUT2D eigenvalue weighted by atomic mass is 15.1. The van der Waals surface area contributed by atoms with Gasteiger partial charge >= 0.3 is 0 Å². The summed E-state index contributed by atoms with van der Waals surface area (Å²) >= 11 is 0. The maximum atomic E-state index is 2.29. The summed E-state index contributed by atoms with van der Waals surface area (Å²) in [5.41, 5.74) is 8.14. The molecule has 0 unspecified atom stereocenters. The topological polar surface area (TPSA) is 6.48 Å². The van der Waals surface area contributed by atoms with E-state index < -0.39 is 0 Å². The van der Waals surface area contributed by atoms with Gasteiger partial charge in [0.15, 0.2) is 0 Å². The zero-order valence-electron chi connectivity index (χ0n) is 23.0. The molecule has 0 aliphatic rings. The van der Waals surface area contributed by atoms with Crippen LogP contribution in [0.25, 0.3) is 32.7 Å². The minimum absolute atomic E-state index is 1.13. The standard InChI is InChI=1S/C39H30N2/c1-40(39-25-20-33-26-31-10-8-9-11-32(31)27-34(33)28-39)35-21-16-29(17-22-35)30-18-23-38(24-19-30)41(36-12-4-2-5-13-36)37-14-6-3-7-15-37/h2-28H,1H3. The van der Waals surface area contributed by atoms with Gasteiger partial charge in [-0.15, -0.1) is 0 Å². The van der Waals surface area contributed by atoms with Crippen LogP contribution in [-0.4, -0.2) is 7.05 Å². The molecule has 41 heavy (non-hydrogen) atoms. The van der Waals surface area contributed by atoms with E-state index in [-0.39, 0.29) is 0 Å². The summed E-state index contributed by atoms with van der Waals surface area (Å²) in [6.45, 7) is 0. The second-order valence-electron chi connectivity index (χ2n) is 10.4. The highest BCUT2D eigenvalue weighted by Gasteiger charge is 2.12. The van der Waals surface area contributed by atoms with Gasteiger partial charge in [0.1, 0.15) is 0 Å². The van der Waals surface area contributed by atoms with E-state index in [9.17, 15) is 0 Å². The lowest BCUT2D eigenvalue weighted by molar-refractivity contribution is 1.21. The minimum atomic E-state index is 1.13. The quantitative estimate of drug-likeness (QED) is 0.199. The normalized spacial score (nSPS) is 11.0. The number of para-hydroxylation sites is 2. The molecule has 0 aliphatic carbocycles. The molecule has 0 radical (unpaired) electrons. The Labute approximate surface area is 241 Å². The number of nitrogens with zero attached hydrogens (tertiary/aromatic N) is 2. The van der Waals surface area contributed by atoms with Crippen LogP contribution in [-0.2, 0) is 0 Å². The molecule has 0 N–H and O–H groups in total. The van der Waals surface area contributed by atoms with Crippen molar-refractivity contribution in [3.63, 3.8) is 0 Å². The molecule has 0 bridgehead atoms. The third-order valence-corrected chi connectivity index (χ3v) is 7.82. The summed E-state index contributed by atoms with van der Waals surface area (Å²) in [5.74, 6) is 0. The minimum Gasteiger partial charge on any atom is -0.345 e. The highest BCUT2D eigenvalue weighted by Crippen LogP contribution is 2.36. The van der Waals surface area contributed by atoms with Crippen LogP contribution in [0, 0.1) is 0 Å². The molecule has 0 atom stereocenters. The van der Waals surface area contributed by atoms with Crippen LogP contribution < -0.4 is 9.80 Å². The maximum Gasteiger partial charge on any atom is 0.0462 e. The molecule has 0 aliphatic heterocycles. The average Bonchev–Trinajstić information content (AvgIpc) is 3.05. The Morgan fingerprint density at radius 3 is 1.29 bits per heavy atom. The molecular formula is C39H30N2. The molecule has 7 aromatic carbocycles. The van der Waals surface area contributed by atoms with Gasteiger partial charge in [-0.1, -0.05) is 91.0 Å². The van der Waals surface area contributed by atoms with Gasteiger partial charge < -0.3 is 9.80 Å². The van der Waals surface area contributed by atoms with Crippen molar-refractivity contribution in [1.82, 2.24) is 0 Å². The third kappa shape index (κ3) is 4.92. The summed E-state index contributed by atoms with van der Waals surface area (Å²) in [7, 11) is 2.13. The number of rotatable bonds is 6. The molecule has 2 heteroatoms. The molecule has 2 nitrogen and oxygen atoms in total. The summed E-state index contributed by atoms with van der Waals surface area (Å²) in [6, 6.07) is 58.5. The van der Waals surface area contributed by atoms with Gasteiger partial charge in [0.25, 0.3) is 0 Å². The number of benzene rings is 7. The zero-order valence-corrected chi connectivity index (χ0v) is 23.0. The fraction of sp³-hybridized carbons (Fsp3) is 0.0256. The molecule has 7 aromatic rings. The van der Waals surface area contributed by atoms with E-state index in [1.165, 1.54) is 38.4 Å². The smallest absolute Gasteiger partial charge is 0.0462 e. The molecule has 0 amide bonds. The SMILES string of the molecule is CN(c1ccc(-c2ccc(N(c3ccccc3)c3ccccc3)cc2)cc1)c1ccc2cc3ccccc3cc2c1. The van der Waals surface area contributed by atoms with Gasteiger partial charge in [-0.25, -0.2) is 0 Å². The number of fused-ring (bicyclic) bond motifs is 2. The van der Waals surface area contributed by atoms with E-state index in [4.69, 9.17) is 0 Å². The summed E-state index contributed by atoms with van der Waals surface area (Å²) < 4.78 is 0. The Bertz CT molecular complexity index is 1890. The molecule has 0 aromatic heterocycles. The van der Waals surface area contributed by atoms with E-state index in [1.807, 2.05) is 0 Å². The Balaban J connectivity index is 1.14. The molecule has 0 heterocycles. The lowest BCUT2D eigenvalue weighted by Crippen LogP contribution is -2.09. The van der Waals surface area contributed by atoms with Crippen LogP contribution in [0.15, 0.2) is 164 Å². The summed E-state index contributed by atoms with van der Waals surface area (Å²) in [6.07, 6.45) is 0. The predicted molar refractivity (Wildman–Crippen MR) is 176 cm³/mol. The second kappa shape index (κ2) is 10.7. The Morgan fingerprint density at radius 1 is 0.317 bits per heavy atom. The van der Waals surface area contributed by atoms with E-state index in [0.29, 0.717) is 0 Å². The van der Waals surface area contributed by atoms with Crippen LogP contribution in [0.2, 0.25) is 0 Å². The van der Waals surface area contributed by atoms with Gasteiger partial charge in [-0.2, -0.15) is 0 Å². The van der Waals surface area contributed by atoms with E-state index in [0.717, 1.165) is 22.7 Å². The molecule has 7 rings (SSSR count). The van der Waals surface area contributed by atoms with Crippen molar-refractivity contribution in [2.45, 2.75) is 0 Å². The van der Waals surface area contributed by atoms with E-state index >= 15 is 0 Å². The van der Waals surface area contributed by atoms with Crippen molar-refractivity contribution >= 4 is 50.0 Å². The second-order valence-corrected chi connectivity index (χ2v) is 10.4. The first-order valence-corrected chi connectivity index (χ1v) is 14.0. The maximum absolute atomic E-state index is 2.29. The van der Waals surface area contributed by atoms with Crippen LogP contribution >= 0.6 is 0 Å². The van der Waals surface area contributed by atoms with Crippen LogP contribution in [0.5, 0.6) is 0 Å². The molecule has 0 fully saturated rings. The van der Waals surface area contributed by atoms with Gasteiger partial charge in [0.05, 0.1) is 0 Å². The third-order valence-electron chi connectivity index (χ3n) is 7.82. The molecule has 0 spiro atoms. The predicted octanol–water partition coefficient (Wildman–Crippen LogP) is 10.9. The molecular weight excluding hydrogens is 496 g/mol. The average molecular weight is 527 g/mol. The lowest BCUT2D eigenvalue weighted by atomic mass is 10.0. The van der Waals surface area contributed by atoms with Crippen LogP contribution in [0.3, 0.4) is 0 Å². The lowest BCUT2D eigenvalue weighted by Gasteiger charge is -2.25. The number of anilines is 5. The van der Waals surface area contributed by atoms with E-state index in [1.54, 1.807) is 0 Å². The van der Waals surface area contributed by atoms with Crippen LogP contribution in [0.1, 0.15) is 0 Å².